The Morgan fingerprint density at radius 3 is 2.68 bits per heavy atom. The zero-order valence-corrected chi connectivity index (χ0v) is 13.4. The molecular formula is C16H17ClN4O. The summed E-state index contributed by atoms with van der Waals surface area (Å²) in [4.78, 5) is 14.3. The van der Waals surface area contributed by atoms with Crippen molar-refractivity contribution in [3.8, 4) is 0 Å². The van der Waals surface area contributed by atoms with Gasteiger partial charge in [-0.1, -0.05) is 29.8 Å². The predicted molar refractivity (Wildman–Crippen MR) is 86.9 cm³/mol. The van der Waals surface area contributed by atoms with Crippen molar-refractivity contribution >= 4 is 23.3 Å². The quantitative estimate of drug-likeness (QED) is 0.895. The second-order valence-corrected chi connectivity index (χ2v) is 5.91. The van der Waals surface area contributed by atoms with E-state index in [4.69, 9.17) is 11.6 Å². The number of nitrogens with one attached hydrogen (secondary N) is 2. The van der Waals surface area contributed by atoms with E-state index in [2.05, 4.69) is 15.5 Å². The molecule has 0 bridgehead atoms. The number of H-pyrrole nitrogens is 1. The van der Waals surface area contributed by atoms with Gasteiger partial charge in [-0.05, 0) is 18.6 Å². The molecule has 0 saturated heterocycles. The number of aromatic nitrogens is 2. The van der Waals surface area contributed by atoms with Crippen LogP contribution in [-0.4, -0.2) is 35.1 Å². The number of carbonyl (C=O) groups excluding carboxylic acids is 1. The summed E-state index contributed by atoms with van der Waals surface area (Å²) < 4.78 is 0. The van der Waals surface area contributed by atoms with Crippen molar-refractivity contribution in [2.45, 2.75) is 12.8 Å². The normalized spacial score (nSPS) is 17.0. The Labute approximate surface area is 134 Å². The number of likely N-dealkylation sites (N-methyl/N-ethyl adjacent to an activating group) is 1. The van der Waals surface area contributed by atoms with Crippen LogP contribution in [0.4, 0.5) is 5.82 Å². The molecule has 2 N–H and O–H groups in total. The Balaban J connectivity index is 2.22. The van der Waals surface area contributed by atoms with Crippen LogP contribution in [0.25, 0.3) is 0 Å². The number of hydrogen-bond acceptors (Lipinski definition) is 3. The van der Waals surface area contributed by atoms with E-state index in [-0.39, 0.29) is 11.8 Å². The highest BCUT2D eigenvalue weighted by molar-refractivity contribution is 6.31. The fraction of sp³-hybridized carbons (Fsp3) is 0.250. The van der Waals surface area contributed by atoms with Gasteiger partial charge >= 0.3 is 0 Å². The Bertz CT molecular complexity index is 763. The van der Waals surface area contributed by atoms with E-state index in [1.54, 1.807) is 19.0 Å². The maximum Gasteiger partial charge on any atom is 0.251 e. The monoisotopic (exact) mass is 316 g/mol. The average molecular weight is 317 g/mol. The third kappa shape index (κ3) is 2.27. The topological polar surface area (TPSA) is 61.0 Å². The molecule has 0 radical (unpaired) electrons. The number of benzene rings is 1. The third-order valence-electron chi connectivity index (χ3n) is 3.83. The standard InChI is InChI=1S/C16H17ClN4O/c1-9-13(16(22)21(2)3)14(10-6-4-5-7-12(10)17)11-8-18-20-15(11)19-9/h4-8,14H,1-3H3,(H2,18,19,20). The largest absolute Gasteiger partial charge is 0.345 e. The van der Waals surface area contributed by atoms with Gasteiger partial charge in [0, 0.05) is 48.1 Å². The molecule has 114 valence electrons. The smallest absolute Gasteiger partial charge is 0.251 e. The Hall–Kier alpha value is -2.27. The zero-order chi connectivity index (χ0) is 15.9. The number of carbonyl (C=O) groups is 1. The average Bonchev–Trinajstić information content (AvgIpc) is 2.93. The van der Waals surface area contributed by atoms with Crippen molar-refractivity contribution in [1.29, 1.82) is 0 Å². The summed E-state index contributed by atoms with van der Waals surface area (Å²) in [6.45, 7) is 1.89. The van der Waals surface area contributed by atoms with Crippen molar-refractivity contribution < 1.29 is 4.79 Å². The van der Waals surface area contributed by atoms with E-state index in [1.807, 2.05) is 37.4 Å². The van der Waals surface area contributed by atoms with Crippen LogP contribution in [0.1, 0.15) is 24.0 Å². The minimum atomic E-state index is -0.237. The Kier molecular flexibility index (Phi) is 3.66. The van der Waals surface area contributed by atoms with Gasteiger partial charge in [-0.2, -0.15) is 5.10 Å². The first-order valence-corrected chi connectivity index (χ1v) is 7.36. The number of rotatable bonds is 2. The number of amides is 1. The molecule has 1 aromatic heterocycles. The van der Waals surface area contributed by atoms with Gasteiger partial charge in [0.05, 0.1) is 0 Å². The molecule has 0 aliphatic carbocycles. The molecule has 0 spiro atoms. The third-order valence-corrected chi connectivity index (χ3v) is 4.18. The van der Waals surface area contributed by atoms with Gasteiger partial charge < -0.3 is 10.2 Å². The molecule has 1 amide bonds. The van der Waals surface area contributed by atoms with E-state index in [0.29, 0.717) is 10.6 Å². The van der Waals surface area contributed by atoms with Gasteiger partial charge in [0.2, 0.25) is 0 Å². The van der Waals surface area contributed by atoms with Gasteiger partial charge in [-0.15, -0.1) is 0 Å². The zero-order valence-electron chi connectivity index (χ0n) is 12.6. The van der Waals surface area contributed by atoms with Crippen molar-refractivity contribution in [3.05, 3.63) is 57.9 Å². The van der Waals surface area contributed by atoms with Crippen molar-refractivity contribution in [2.24, 2.45) is 0 Å². The summed E-state index contributed by atoms with van der Waals surface area (Å²) in [7, 11) is 3.49. The number of nitrogens with zero attached hydrogens (tertiary/aromatic N) is 2. The summed E-state index contributed by atoms with van der Waals surface area (Å²) in [6.07, 6.45) is 1.81. The maximum atomic E-state index is 12.7. The minimum Gasteiger partial charge on any atom is -0.345 e. The van der Waals surface area contributed by atoms with E-state index >= 15 is 0 Å². The van der Waals surface area contributed by atoms with E-state index in [9.17, 15) is 4.79 Å². The van der Waals surface area contributed by atoms with Crippen LogP contribution >= 0.6 is 11.6 Å². The Morgan fingerprint density at radius 1 is 1.27 bits per heavy atom. The SMILES string of the molecule is CC1=C(C(=O)N(C)C)C(c2ccccc2Cl)c2c[nH]nc2N1. The highest BCUT2D eigenvalue weighted by Crippen LogP contribution is 2.43. The van der Waals surface area contributed by atoms with Gasteiger partial charge in [-0.25, -0.2) is 0 Å². The molecule has 2 aromatic rings. The number of allylic oxidation sites excluding steroid dienone is 1. The van der Waals surface area contributed by atoms with Crippen LogP contribution in [0.5, 0.6) is 0 Å². The lowest BCUT2D eigenvalue weighted by Crippen LogP contribution is -2.31. The van der Waals surface area contributed by atoms with Crippen LogP contribution in [0.15, 0.2) is 41.7 Å². The molecule has 1 aliphatic heterocycles. The van der Waals surface area contributed by atoms with E-state index in [1.165, 1.54) is 0 Å². The predicted octanol–water partition coefficient (Wildman–Crippen LogP) is 2.98. The molecule has 3 rings (SSSR count). The summed E-state index contributed by atoms with van der Waals surface area (Å²) >= 11 is 6.39. The minimum absolute atomic E-state index is 0.0400. The number of fused-ring (bicyclic) bond motifs is 1. The van der Waals surface area contributed by atoms with Gasteiger partial charge in [0.1, 0.15) is 0 Å². The van der Waals surface area contributed by atoms with Crippen LogP contribution in [0.3, 0.4) is 0 Å². The highest BCUT2D eigenvalue weighted by atomic mass is 35.5. The maximum absolute atomic E-state index is 12.7. The molecule has 1 aromatic carbocycles. The number of halogens is 1. The number of aromatic amines is 1. The molecule has 0 saturated carbocycles. The van der Waals surface area contributed by atoms with Crippen LogP contribution in [-0.2, 0) is 4.79 Å². The van der Waals surface area contributed by atoms with Gasteiger partial charge in [-0.3, -0.25) is 9.89 Å². The lowest BCUT2D eigenvalue weighted by molar-refractivity contribution is -0.125. The lowest BCUT2D eigenvalue weighted by atomic mass is 9.82. The van der Waals surface area contributed by atoms with Crippen LogP contribution in [0.2, 0.25) is 5.02 Å². The van der Waals surface area contributed by atoms with Gasteiger partial charge in [0.25, 0.3) is 5.91 Å². The molecule has 1 atom stereocenters. The first-order valence-electron chi connectivity index (χ1n) is 6.98. The number of hydrogen-bond donors (Lipinski definition) is 2. The molecule has 6 heteroatoms. The van der Waals surface area contributed by atoms with Crippen molar-refractivity contribution in [3.63, 3.8) is 0 Å². The highest BCUT2D eigenvalue weighted by Gasteiger charge is 2.35. The molecule has 1 aliphatic rings. The van der Waals surface area contributed by atoms with Crippen LogP contribution < -0.4 is 5.32 Å². The molecule has 1 unspecified atom stereocenters. The molecule has 22 heavy (non-hydrogen) atoms. The first kappa shape index (κ1) is 14.7. The molecule has 5 nitrogen and oxygen atoms in total. The summed E-state index contributed by atoms with van der Waals surface area (Å²) in [5, 5.41) is 10.9. The second kappa shape index (κ2) is 5.50. The lowest BCUT2D eigenvalue weighted by Gasteiger charge is -2.29. The first-order chi connectivity index (χ1) is 10.5. The van der Waals surface area contributed by atoms with Crippen molar-refractivity contribution in [1.82, 2.24) is 15.1 Å². The summed E-state index contributed by atoms with van der Waals surface area (Å²) in [5.41, 5.74) is 3.30. The second-order valence-electron chi connectivity index (χ2n) is 5.51. The fourth-order valence-corrected chi connectivity index (χ4v) is 3.04. The molecule has 0 fully saturated rings. The fourth-order valence-electron chi connectivity index (χ4n) is 2.79. The Morgan fingerprint density at radius 2 is 2.00 bits per heavy atom. The van der Waals surface area contributed by atoms with Gasteiger partial charge in [0.15, 0.2) is 5.82 Å². The van der Waals surface area contributed by atoms with E-state index in [0.717, 1.165) is 22.6 Å². The van der Waals surface area contributed by atoms with E-state index < -0.39 is 0 Å². The summed E-state index contributed by atoms with van der Waals surface area (Å²) in [5.74, 6) is 0.457. The number of anilines is 1. The summed E-state index contributed by atoms with van der Waals surface area (Å²) in [6, 6.07) is 7.60. The van der Waals surface area contributed by atoms with Crippen molar-refractivity contribution in [2.75, 3.05) is 19.4 Å². The molecule has 2 heterocycles. The van der Waals surface area contributed by atoms with Crippen LogP contribution in [0, 0.1) is 0 Å². The molecular weight excluding hydrogens is 300 g/mol.